The molecule has 1 aliphatic carbocycles. The van der Waals surface area contributed by atoms with Crippen molar-refractivity contribution in [3.63, 3.8) is 0 Å². The lowest BCUT2D eigenvalue weighted by Gasteiger charge is -2.23. The maximum Gasteiger partial charge on any atom is 0.141 e. The molecule has 0 unspecified atom stereocenters. The van der Waals surface area contributed by atoms with Gasteiger partial charge in [-0.05, 0) is 38.7 Å². The van der Waals surface area contributed by atoms with Crippen molar-refractivity contribution in [3.8, 4) is 0 Å². The van der Waals surface area contributed by atoms with Crippen molar-refractivity contribution in [2.45, 2.75) is 46.0 Å². The highest BCUT2D eigenvalue weighted by Crippen LogP contribution is 2.31. The quantitative estimate of drug-likeness (QED) is 0.873. The van der Waals surface area contributed by atoms with Crippen molar-refractivity contribution in [2.24, 2.45) is 11.7 Å². The van der Waals surface area contributed by atoms with E-state index >= 15 is 0 Å². The summed E-state index contributed by atoms with van der Waals surface area (Å²) in [6, 6.07) is 0. The molecule has 94 valence electrons. The maximum atomic E-state index is 5.90. The van der Waals surface area contributed by atoms with E-state index in [0.717, 1.165) is 17.0 Å². The summed E-state index contributed by atoms with van der Waals surface area (Å²) in [6.07, 6.45) is 8.82. The third kappa shape index (κ3) is 2.78. The van der Waals surface area contributed by atoms with Crippen LogP contribution >= 0.6 is 0 Å². The second kappa shape index (κ2) is 5.50. The van der Waals surface area contributed by atoms with Crippen LogP contribution in [0.15, 0.2) is 10.1 Å². The first-order valence-corrected chi connectivity index (χ1v) is 6.55. The molecule has 3 heteroatoms. The summed E-state index contributed by atoms with van der Waals surface area (Å²) in [6.45, 7) is 4.59. The summed E-state index contributed by atoms with van der Waals surface area (Å²) in [5, 5.41) is 3.99. The minimum Gasteiger partial charge on any atom is -0.361 e. The van der Waals surface area contributed by atoms with E-state index in [1.54, 1.807) is 0 Å². The molecule has 1 aromatic heterocycles. The number of hydrogen-bond acceptors (Lipinski definition) is 3. The zero-order valence-electron chi connectivity index (χ0n) is 10.8. The van der Waals surface area contributed by atoms with Gasteiger partial charge in [-0.3, -0.25) is 0 Å². The molecule has 0 saturated heterocycles. The second-order valence-corrected chi connectivity index (χ2v) is 5.00. The fraction of sp³-hybridized carbons (Fsp3) is 0.643. The molecular formula is C14H22N2O. The van der Waals surface area contributed by atoms with Crippen molar-refractivity contribution >= 4 is 6.08 Å². The molecule has 0 bridgehead atoms. The number of nitrogens with two attached hydrogens (primary N) is 1. The number of nitrogens with zero attached hydrogens (tertiary/aromatic N) is 1. The standard InChI is InChI=1S/C14H22N2O/c1-10-14(11(2)17-16-10)8-13(9-15)12-6-4-3-5-7-12/h8,12H,3-7,9,15H2,1-2H3. The van der Waals surface area contributed by atoms with E-state index in [-0.39, 0.29) is 0 Å². The Morgan fingerprint density at radius 2 is 2.06 bits per heavy atom. The van der Waals surface area contributed by atoms with Crippen molar-refractivity contribution < 1.29 is 4.52 Å². The van der Waals surface area contributed by atoms with Crippen LogP contribution in [0.4, 0.5) is 0 Å². The third-order valence-electron chi connectivity index (χ3n) is 3.78. The van der Waals surface area contributed by atoms with Gasteiger partial charge in [-0.15, -0.1) is 0 Å². The monoisotopic (exact) mass is 234 g/mol. The molecule has 0 aliphatic heterocycles. The molecule has 2 N–H and O–H groups in total. The smallest absolute Gasteiger partial charge is 0.141 e. The van der Waals surface area contributed by atoms with E-state index in [2.05, 4.69) is 11.2 Å². The lowest BCUT2D eigenvalue weighted by molar-refractivity contribution is 0.393. The van der Waals surface area contributed by atoms with Crippen LogP contribution in [0.5, 0.6) is 0 Å². The molecular weight excluding hydrogens is 212 g/mol. The van der Waals surface area contributed by atoms with E-state index in [4.69, 9.17) is 10.3 Å². The van der Waals surface area contributed by atoms with Crippen LogP contribution < -0.4 is 5.73 Å². The Kier molecular flexibility index (Phi) is 4.00. The average molecular weight is 234 g/mol. The molecule has 0 amide bonds. The zero-order valence-corrected chi connectivity index (χ0v) is 10.8. The van der Waals surface area contributed by atoms with Crippen molar-refractivity contribution in [1.82, 2.24) is 5.16 Å². The molecule has 0 atom stereocenters. The van der Waals surface area contributed by atoms with Crippen molar-refractivity contribution in [1.29, 1.82) is 0 Å². The molecule has 0 aromatic carbocycles. The molecule has 2 rings (SSSR count). The van der Waals surface area contributed by atoms with E-state index < -0.39 is 0 Å². The molecule has 0 spiro atoms. The Labute approximate surface area is 103 Å². The first-order valence-electron chi connectivity index (χ1n) is 6.55. The molecule has 1 heterocycles. The largest absolute Gasteiger partial charge is 0.361 e. The van der Waals surface area contributed by atoms with E-state index in [1.807, 2.05) is 13.8 Å². The van der Waals surface area contributed by atoms with Gasteiger partial charge in [-0.2, -0.15) is 0 Å². The minimum absolute atomic E-state index is 0.648. The van der Waals surface area contributed by atoms with Gasteiger partial charge in [0, 0.05) is 12.1 Å². The van der Waals surface area contributed by atoms with E-state index in [1.165, 1.54) is 37.7 Å². The summed E-state index contributed by atoms with van der Waals surface area (Å²) in [7, 11) is 0. The lowest BCUT2D eigenvalue weighted by atomic mass is 9.83. The Morgan fingerprint density at radius 1 is 1.35 bits per heavy atom. The summed E-state index contributed by atoms with van der Waals surface area (Å²) in [4.78, 5) is 0. The van der Waals surface area contributed by atoms with Gasteiger partial charge in [0.2, 0.25) is 0 Å². The SMILES string of the molecule is Cc1noc(C)c1C=C(CN)C1CCCCC1. The van der Waals surface area contributed by atoms with Gasteiger partial charge in [-0.25, -0.2) is 0 Å². The fourth-order valence-electron chi connectivity index (χ4n) is 2.70. The molecule has 1 fully saturated rings. The number of hydrogen-bond donors (Lipinski definition) is 1. The highest BCUT2D eigenvalue weighted by molar-refractivity contribution is 5.57. The Morgan fingerprint density at radius 3 is 2.59 bits per heavy atom. The fourth-order valence-corrected chi connectivity index (χ4v) is 2.70. The predicted octanol–water partition coefficient (Wildman–Crippen LogP) is 3.21. The van der Waals surface area contributed by atoms with Crippen molar-refractivity contribution in [3.05, 3.63) is 22.6 Å². The highest BCUT2D eigenvalue weighted by atomic mass is 16.5. The maximum absolute atomic E-state index is 5.90. The molecule has 1 aromatic rings. The minimum atomic E-state index is 0.648. The van der Waals surface area contributed by atoms with Gasteiger partial charge in [0.05, 0.1) is 5.69 Å². The first kappa shape index (κ1) is 12.4. The summed E-state index contributed by atoms with van der Waals surface area (Å²) < 4.78 is 5.19. The molecule has 1 aliphatic rings. The number of aromatic nitrogens is 1. The third-order valence-corrected chi connectivity index (χ3v) is 3.78. The van der Waals surface area contributed by atoms with E-state index in [0.29, 0.717) is 12.5 Å². The number of aryl methyl sites for hydroxylation is 2. The van der Waals surface area contributed by atoms with Crippen LogP contribution in [0.2, 0.25) is 0 Å². The Hall–Kier alpha value is -1.09. The first-order chi connectivity index (χ1) is 8.22. The molecule has 17 heavy (non-hydrogen) atoms. The second-order valence-electron chi connectivity index (χ2n) is 5.00. The van der Waals surface area contributed by atoms with Gasteiger partial charge >= 0.3 is 0 Å². The normalized spacial score (nSPS) is 18.6. The zero-order chi connectivity index (χ0) is 12.3. The van der Waals surface area contributed by atoms with Crippen LogP contribution in [0.25, 0.3) is 6.08 Å². The van der Waals surface area contributed by atoms with Crippen LogP contribution in [0.1, 0.15) is 49.1 Å². The summed E-state index contributed by atoms with van der Waals surface area (Å²) >= 11 is 0. The average Bonchev–Trinajstić information content (AvgIpc) is 2.68. The molecule has 1 saturated carbocycles. The molecule has 3 nitrogen and oxygen atoms in total. The van der Waals surface area contributed by atoms with E-state index in [9.17, 15) is 0 Å². The Balaban J connectivity index is 2.22. The van der Waals surface area contributed by atoms with Crippen LogP contribution in [0, 0.1) is 19.8 Å². The predicted molar refractivity (Wildman–Crippen MR) is 69.6 cm³/mol. The summed E-state index contributed by atoms with van der Waals surface area (Å²) in [5.74, 6) is 1.56. The topological polar surface area (TPSA) is 52.0 Å². The highest BCUT2D eigenvalue weighted by Gasteiger charge is 2.18. The van der Waals surface area contributed by atoms with Crippen LogP contribution in [0.3, 0.4) is 0 Å². The van der Waals surface area contributed by atoms with Gasteiger partial charge in [0.1, 0.15) is 5.76 Å². The van der Waals surface area contributed by atoms with Crippen LogP contribution in [-0.2, 0) is 0 Å². The lowest BCUT2D eigenvalue weighted by Crippen LogP contribution is -2.16. The van der Waals surface area contributed by atoms with Gasteiger partial charge in [0.15, 0.2) is 0 Å². The summed E-state index contributed by atoms with van der Waals surface area (Å²) in [5.41, 5.74) is 9.34. The molecule has 0 radical (unpaired) electrons. The Bertz CT molecular complexity index is 381. The van der Waals surface area contributed by atoms with Gasteiger partial charge in [-0.1, -0.05) is 30.0 Å². The van der Waals surface area contributed by atoms with Crippen LogP contribution in [-0.4, -0.2) is 11.7 Å². The van der Waals surface area contributed by atoms with Gasteiger partial charge in [0.25, 0.3) is 0 Å². The number of rotatable bonds is 3. The van der Waals surface area contributed by atoms with Gasteiger partial charge < -0.3 is 10.3 Å². The van der Waals surface area contributed by atoms with Crippen molar-refractivity contribution in [2.75, 3.05) is 6.54 Å².